The van der Waals surface area contributed by atoms with Crippen LogP contribution in [0.15, 0.2) is 0 Å². The third-order valence-electron chi connectivity index (χ3n) is 2.01. The zero-order valence-electron chi connectivity index (χ0n) is 7.97. The monoisotopic (exact) mass is 178 g/mol. The molecule has 3 atom stereocenters. The third kappa shape index (κ3) is 3.99. The van der Waals surface area contributed by atoms with Gasteiger partial charge in [0.1, 0.15) is 0 Å². The number of aliphatic hydroxyl groups excluding tert-OH is 1. The van der Waals surface area contributed by atoms with Crippen molar-refractivity contribution in [3.8, 4) is 0 Å². The van der Waals surface area contributed by atoms with E-state index in [2.05, 4.69) is 10.9 Å². The topological polar surface area (TPSA) is 44.3 Å². The van der Waals surface area contributed by atoms with Crippen LogP contribution in [0.3, 0.4) is 0 Å². The minimum absolute atomic E-state index is 0.0585. The molecule has 0 spiro atoms. The fraction of sp³-hybridized carbons (Fsp3) is 1.00. The fourth-order valence-electron chi connectivity index (χ4n) is 1.04. The van der Waals surface area contributed by atoms with Crippen LogP contribution in [0.1, 0.15) is 13.8 Å². The number of aliphatic hydroxyl groups is 1. The van der Waals surface area contributed by atoms with Gasteiger partial charge < -0.3 is 5.11 Å². The maximum atomic E-state index is 12.1. The second kappa shape index (κ2) is 6.34. The van der Waals surface area contributed by atoms with Crippen molar-refractivity contribution >= 4 is 0 Å². The van der Waals surface area contributed by atoms with Gasteiger partial charge in [-0.2, -0.15) is 0 Å². The molecule has 0 amide bonds. The molecular formula is C8H19FN2O. The Morgan fingerprint density at radius 3 is 2.33 bits per heavy atom. The molecule has 3 N–H and O–H groups in total. The average molecular weight is 178 g/mol. The summed E-state index contributed by atoms with van der Waals surface area (Å²) in [6.45, 7) is 3.77. The number of hydrogen-bond donors (Lipinski definition) is 3. The van der Waals surface area contributed by atoms with Crippen molar-refractivity contribution in [3.05, 3.63) is 0 Å². The molecule has 3 nitrogen and oxygen atoms in total. The SMILES string of the molecule is CNNCC(C)[C@H](O)C(C)CF. The van der Waals surface area contributed by atoms with Gasteiger partial charge in [-0.25, -0.2) is 0 Å². The zero-order valence-corrected chi connectivity index (χ0v) is 7.97. The molecule has 0 saturated carbocycles. The Hall–Kier alpha value is -0.190. The molecule has 0 aliphatic heterocycles. The van der Waals surface area contributed by atoms with Gasteiger partial charge in [-0.15, -0.1) is 0 Å². The molecule has 0 aromatic carbocycles. The number of hydrogen-bond acceptors (Lipinski definition) is 3. The Labute approximate surface area is 73.3 Å². The summed E-state index contributed by atoms with van der Waals surface area (Å²) < 4.78 is 12.1. The zero-order chi connectivity index (χ0) is 9.56. The van der Waals surface area contributed by atoms with Crippen LogP contribution < -0.4 is 10.9 Å². The van der Waals surface area contributed by atoms with E-state index in [0.29, 0.717) is 6.54 Å². The maximum Gasteiger partial charge on any atom is 0.0944 e. The van der Waals surface area contributed by atoms with E-state index in [1.807, 2.05) is 6.92 Å². The van der Waals surface area contributed by atoms with Crippen molar-refractivity contribution in [2.75, 3.05) is 20.3 Å². The highest BCUT2D eigenvalue weighted by atomic mass is 19.1. The molecule has 0 fully saturated rings. The molecule has 2 unspecified atom stereocenters. The average Bonchev–Trinajstić information content (AvgIpc) is 2.11. The minimum atomic E-state index is -0.573. The predicted octanol–water partition coefficient (Wildman–Crippen LogP) is 0.313. The van der Waals surface area contributed by atoms with Gasteiger partial charge in [0.15, 0.2) is 0 Å². The first-order chi connectivity index (χ1) is 5.63. The van der Waals surface area contributed by atoms with Crippen LogP contribution in [0.5, 0.6) is 0 Å². The maximum absolute atomic E-state index is 12.1. The second-order valence-electron chi connectivity index (χ2n) is 3.23. The summed E-state index contributed by atoms with van der Waals surface area (Å²) in [6, 6.07) is 0. The van der Waals surface area contributed by atoms with E-state index in [0.717, 1.165) is 0 Å². The quantitative estimate of drug-likeness (QED) is 0.513. The molecule has 0 rings (SSSR count). The van der Waals surface area contributed by atoms with Crippen LogP contribution in [0, 0.1) is 11.8 Å². The van der Waals surface area contributed by atoms with Gasteiger partial charge in [0.05, 0.1) is 12.8 Å². The Balaban J connectivity index is 3.67. The minimum Gasteiger partial charge on any atom is -0.392 e. The highest BCUT2D eigenvalue weighted by molar-refractivity contribution is 4.71. The Morgan fingerprint density at radius 1 is 1.33 bits per heavy atom. The van der Waals surface area contributed by atoms with Gasteiger partial charge in [-0.3, -0.25) is 15.2 Å². The second-order valence-corrected chi connectivity index (χ2v) is 3.23. The van der Waals surface area contributed by atoms with E-state index in [4.69, 9.17) is 0 Å². The first kappa shape index (κ1) is 11.8. The highest BCUT2D eigenvalue weighted by Crippen LogP contribution is 2.12. The standard InChI is InChI=1S/C8H19FN2O/c1-6(4-9)8(12)7(2)5-11-10-3/h6-8,10-12H,4-5H2,1-3H3/t6?,7?,8-/m1/s1. The fourth-order valence-corrected chi connectivity index (χ4v) is 1.04. The Bertz CT molecular complexity index is 113. The van der Waals surface area contributed by atoms with Gasteiger partial charge in [0, 0.05) is 12.5 Å². The summed E-state index contributed by atoms with van der Waals surface area (Å²) in [6.07, 6.45) is -0.573. The molecule has 0 aromatic rings. The highest BCUT2D eigenvalue weighted by Gasteiger charge is 2.20. The molecule has 0 aromatic heterocycles. The number of rotatable bonds is 6. The van der Waals surface area contributed by atoms with Crippen molar-refractivity contribution in [2.45, 2.75) is 20.0 Å². The van der Waals surface area contributed by atoms with Gasteiger partial charge in [-0.05, 0) is 13.0 Å². The molecule has 0 radical (unpaired) electrons. The summed E-state index contributed by atoms with van der Waals surface area (Å²) in [5, 5.41) is 9.51. The predicted molar refractivity (Wildman–Crippen MR) is 47.4 cm³/mol. The van der Waals surface area contributed by atoms with Gasteiger partial charge in [-0.1, -0.05) is 13.8 Å². The third-order valence-corrected chi connectivity index (χ3v) is 2.01. The van der Waals surface area contributed by atoms with E-state index in [1.54, 1.807) is 14.0 Å². The lowest BCUT2D eigenvalue weighted by atomic mass is 9.94. The number of nitrogens with one attached hydrogen (secondary N) is 2. The van der Waals surface area contributed by atoms with E-state index in [9.17, 15) is 9.50 Å². The molecule has 0 aliphatic rings. The molecule has 74 valence electrons. The largest absolute Gasteiger partial charge is 0.392 e. The van der Waals surface area contributed by atoms with Crippen molar-refractivity contribution in [2.24, 2.45) is 11.8 Å². The molecule has 0 bridgehead atoms. The summed E-state index contributed by atoms with van der Waals surface area (Å²) in [5.41, 5.74) is 5.63. The van der Waals surface area contributed by atoms with Gasteiger partial charge in [0.25, 0.3) is 0 Å². The van der Waals surface area contributed by atoms with Crippen LogP contribution in [0.4, 0.5) is 4.39 Å². The lowest BCUT2D eigenvalue weighted by molar-refractivity contribution is 0.0525. The summed E-state index contributed by atoms with van der Waals surface area (Å²) in [5.74, 6) is -0.221. The van der Waals surface area contributed by atoms with Crippen LogP contribution >= 0.6 is 0 Å². The first-order valence-corrected chi connectivity index (χ1v) is 4.27. The van der Waals surface area contributed by atoms with Crippen molar-refractivity contribution in [1.82, 2.24) is 10.9 Å². The lowest BCUT2D eigenvalue weighted by Gasteiger charge is -2.22. The van der Waals surface area contributed by atoms with Gasteiger partial charge in [0.2, 0.25) is 0 Å². The molecule has 0 aliphatic carbocycles. The molecule has 4 heteroatoms. The van der Waals surface area contributed by atoms with E-state index >= 15 is 0 Å². The first-order valence-electron chi connectivity index (χ1n) is 4.27. The molecular weight excluding hydrogens is 159 g/mol. The molecule has 0 saturated heterocycles. The summed E-state index contributed by atoms with van der Waals surface area (Å²) in [4.78, 5) is 0. The van der Waals surface area contributed by atoms with Crippen LogP contribution in [0.25, 0.3) is 0 Å². The summed E-state index contributed by atoms with van der Waals surface area (Å²) >= 11 is 0. The Kier molecular flexibility index (Phi) is 6.24. The molecule has 0 heterocycles. The van der Waals surface area contributed by atoms with Crippen molar-refractivity contribution in [1.29, 1.82) is 0 Å². The lowest BCUT2D eigenvalue weighted by Crippen LogP contribution is -2.38. The van der Waals surface area contributed by atoms with E-state index in [1.165, 1.54) is 0 Å². The number of hydrazine groups is 1. The van der Waals surface area contributed by atoms with Crippen molar-refractivity contribution < 1.29 is 9.50 Å². The van der Waals surface area contributed by atoms with E-state index < -0.39 is 12.8 Å². The smallest absolute Gasteiger partial charge is 0.0944 e. The normalized spacial score (nSPS) is 18.8. The summed E-state index contributed by atoms with van der Waals surface area (Å²) in [7, 11) is 1.76. The number of alkyl halides is 1. The van der Waals surface area contributed by atoms with Crippen LogP contribution in [-0.4, -0.2) is 31.5 Å². The number of halogens is 1. The van der Waals surface area contributed by atoms with Gasteiger partial charge >= 0.3 is 0 Å². The molecule has 12 heavy (non-hydrogen) atoms. The Morgan fingerprint density at radius 2 is 1.92 bits per heavy atom. The van der Waals surface area contributed by atoms with Crippen LogP contribution in [-0.2, 0) is 0 Å². The van der Waals surface area contributed by atoms with Crippen molar-refractivity contribution in [3.63, 3.8) is 0 Å². The van der Waals surface area contributed by atoms with Crippen LogP contribution in [0.2, 0.25) is 0 Å². The van der Waals surface area contributed by atoms with E-state index in [-0.39, 0.29) is 11.8 Å².